The largest absolute Gasteiger partial charge is 0.349 e. The molecule has 0 saturated carbocycles. The Morgan fingerprint density at radius 1 is 1.52 bits per heavy atom. The minimum Gasteiger partial charge on any atom is -0.349 e. The van der Waals surface area contributed by atoms with Crippen molar-refractivity contribution in [3.05, 3.63) is 23.5 Å². The van der Waals surface area contributed by atoms with Crippen LogP contribution in [0.5, 0.6) is 0 Å². The highest BCUT2D eigenvalue weighted by molar-refractivity contribution is 5.97. The average Bonchev–Trinajstić information content (AvgIpc) is 2.82. The van der Waals surface area contributed by atoms with E-state index in [9.17, 15) is 4.79 Å². The normalized spacial score (nSPS) is 21.8. The predicted molar refractivity (Wildman–Crippen MR) is 81.7 cm³/mol. The van der Waals surface area contributed by atoms with Crippen LogP contribution in [0, 0.1) is 12.8 Å². The lowest BCUT2D eigenvalue weighted by atomic mass is 9.95. The molecule has 3 rings (SSSR count). The summed E-state index contributed by atoms with van der Waals surface area (Å²) in [6.45, 7) is 5.86. The van der Waals surface area contributed by atoms with Crippen molar-refractivity contribution in [2.24, 2.45) is 5.92 Å². The van der Waals surface area contributed by atoms with E-state index in [1.165, 1.54) is 6.20 Å². The molecule has 1 fully saturated rings. The van der Waals surface area contributed by atoms with Gasteiger partial charge in [0.2, 0.25) is 0 Å². The number of aryl methyl sites for hydroxylation is 1. The molecule has 3 heterocycles. The van der Waals surface area contributed by atoms with E-state index < -0.39 is 0 Å². The van der Waals surface area contributed by atoms with Gasteiger partial charge in [-0.2, -0.15) is 0 Å². The number of rotatable bonds is 2. The van der Waals surface area contributed by atoms with Crippen molar-refractivity contribution in [1.82, 2.24) is 20.8 Å². The van der Waals surface area contributed by atoms with E-state index in [0.29, 0.717) is 17.2 Å². The molecule has 2 N–H and O–H groups in total. The summed E-state index contributed by atoms with van der Waals surface area (Å²) in [5, 5.41) is 11.0. The number of hydrogen-bond donors (Lipinski definition) is 2. The molecular formula is C14H19ClN4O2. The minimum atomic E-state index is -0.0845. The third kappa shape index (κ3) is 3.16. The first-order valence-corrected chi connectivity index (χ1v) is 6.89. The van der Waals surface area contributed by atoms with Crippen LogP contribution in [-0.2, 0) is 0 Å². The molecule has 1 aliphatic heterocycles. The van der Waals surface area contributed by atoms with Crippen LogP contribution >= 0.6 is 12.4 Å². The first kappa shape index (κ1) is 15.7. The number of nitrogens with zero attached hydrogens (tertiary/aromatic N) is 2. The summed E-state index contributed by atoms with van der Waals surface area (Å²) in [4.78, 5) is 16.4. The van der Waals surface area contributed by atoms with Gasteiger partial charge in [0.1, 0.15) is 0 Å². The van der Waals surface area contributed by atoms with E-state index in [0.717, 1.165) is 30.6 Å². The number of halogens is 1. The second-order valence-corrected chi connectivity index (χ2v) is 5.39. The minimum absolute atomic E-state index is 0. The summed E-state index contributed by atoms with van der Waals surface area (Å²) in [7, 11) is 0. The van der Waals surface area contributed by atoms with Gasteiger partial charge in [-0.05, 0) is 38.4 Å². The standard InChI is InChI=1S/C14H18N4O2.ClH/c1-8-6-15-4-3-12(8)17-13(19)10-5-11-9(2)18-20-14(11)16-7-10;/h5,7-8,12,15H,3-4,6H2,1-2H3,(H,17,19);1H. The maximum Gasteiger partial charge on any atom is 0.257 e. The number of carbonyl (C=O) groups is 1. The summed E-state index contributed by atoms with van der Waals surface area (Å²) >= 11 is 0. The zero-order chi connectivity index (χ0) is 14.1. The van der Waals surface area contributed by atoms with E-state index in [4.69, 9.17) is 4.52 Å². The van der Waals surface area contributed by atoms with Gasteiger partial charge >= 0.3 is 0 Å². The predicted octanol–water partition coefficient (Wildman–Crippen LogP) is 1.68. The van der Waals surface area contributed by atoms with Gasteiger partial charge in [0.05, 0.1) is 16.6 Å². The maximum absolute atomic E-state index is 12.3. The Balaban J connectivity index is 0.00000161. The molecule has 0 aromatic carbocycles. The van der Waals surface area contributed by atoms with Gasteiger partial charge in [0.15, 0.2) is 0 Å². The van der Waals surface area contributed by atoms with Gasteiger partial charge < -0.3 is 15.2 Å². The first-order chi connectivity index (χ1) is 9.65. The Labute approximate surface area is 129 Å². The molecule has 7 heteroatoms. The number of nitrogens with one attached hydrogen (secondary N) is 2. The molecule has 21 heavy (non-hydrogen) atoms. The summed E-state index contributed by atoms with van der Waals surface area (Å²) in [6, 6.07) is 2.00. The van der Waals surface area contributed by atoms with Crippen LogP contribution < -0.4 is 10.6 Å². The fraction of sp³-hybridized carbons (Fsp3) is 0.500. The highest BCUT2D eigenvalue weighted by atomic mass is 35.5. The number of hydrogen-bond acceptors (Lipinski definition) is 5. The monoisotopic (exact) mass is 310 g/mol. The first-order valence-electron chi connectivity index (χ1n) is 6.89. The molecule has 2 unspecified atom stereocenters. The molecule has 1 saturated heterocycles. The smallest absolute Gasteiger partial charge is 0.257 e. The van der Waals surface area contributed by atoms with Crippen molar-refractivity contribution in [2.75, 3.05) is 13.1 Å². The lowest BCUT2D eigenvalue weighted by molar-refractivity contribution is 0.0914. The van der Waals surface area contributed by atoms with Gasteiger partial charge in [-0.1, -0.05) is 12.1 Å². The van der Waals surface area contributed by atoms with E-state index in [-0.39, 0.29) is 24.4 Å². The van der Waals surface area contributed by atoms with E-state index in [1.807, 2.05) is 6.92 Å². The number of amides is 1. The number of carbonyl (C=O) groups excluding carboxylic acids is 1. The van der Waals surface area contributed by atoms with Crippen LogP contribution in [0.25, 0.3) is 11.1 Å². The third-order valence-corrected chi connectivity index (χ3v) is 3.87. The van der Waals surface area contributed by atoms with E-state index >= 15 is 0 Å². The van der Waals surface area contributed by atoms with Crippen LogP contribution in [-0.4, -0.2) is 35.2 Å². The number of aromatic nitrogens is 2. The summed E-state index contributed by atoms with van der Waals surface area (Å²) in [5.41, 5.74) is 1.77. The zero-order valence-electron chi connectivity index (χ0n) is 12.0. The molecule has 0 aliphatic carbocycles. The molecule has 2 aromatic rings. The van der Waals surface area contributed by atoms with Gasteiger partial charge in [0.25, 0.3) is 11.6 Å². The SMILES string of the molecule is Cc1noc2ncc(C(=O)NC3CCNCC3C)cc12.Cl. The second kappa shape index (κ2) is 6.41. The molecule has 1 amide bonds. The average molecular weight is 311 g/mol. The molecule has 0 bridgehead atoms. The molecule has 2 aromatic heterocycles. The van der Waals surface area contributed by atoms with Crippen molar-refractivity contribution < 1.29 is 9.32 Å². The van der Waals surface area contributed by atoms with Gasteiger partial charge in [-0.3, -0.25) is 4.79 Å². The fourth-order valence-electron chi connectivity index (χ4n) is 2.55. The second-order valence-electron chi connectivity index (χ2n) is 5.39. The van der Waals surface area contributed by atoms with Crippen molar-refractivity contribution in [1.29, 1.82) is 0 Å². The van der Waals surface area contributed by atoms with Crippen LogP contribution in [0.3, 0.4) is 0 Å². The molecule has 0 radical (unpaired) electrons. The molecule has 1 aliphatic rings. The van der Waals surface area contributed by atoms with Crippen molar-refractivity contribution in [2.45, 2.75) is 26.3 Å². The van der Waals surface area contributed by atoms with Crippen molar-refractivity contribution >= 4 is 29.4 Å². The molecular weight excluding hydrogens is 292 g/mol. The van der Waals surface area contributed by atoms with Gasteiger partial charge in [-0.25, -0.2) is 4.98 Å². The lowest BCUT2D eigenvalue weighted by Gasteiger charge is -2.30. The van der Waals surface area contributed by atoms with Crippen LogP contribution in [0.1, 0.15) is 29.4 Å². The van der Waals surface area contributed by atoms with Crippen LogP contribution in [0.2, 0.25) is 0 Å². The maximum atomic E-state index is 12.3. The molecule has 2 atom stereocenters. The highest BCUT2D eigenvalue weighted by Gasteiger charge is 2.23. The number of fused-ring (bicyclic) bond motifs is 1. The Hall–Kier alpha value is -1.66. The number of pyridine rings is 1. The summed E-state index contributed by atoms with van der Waals surface area (Å²) in [6.07, 6.45) is 2.49. The third-order valence-electron chi connectivity index (χ3n) is 3.87. The quantitative estimate of drug-likeness (QED) is 0.882. The van der Waals surface area contributed by atoms with Gasteiger partial charge in [0, 0.05) is 12.2 Å². The molecule has 6 nitrogen and oxygen atoms in total. The fourth-order valence-corrected chi connectivity index (χ4v) is 2.55. The van der Waals surface area contributed by atoms with E-state index in [2.05, 4.69) is 27.7 Å². The highest BCUT2D eigenvalue weighted by Crippen LogP contribution is 2.17. The Morgan fingerprint density at radius 3 is 3.10 bits per heavy atom. The van der Waals surface area contributed by atoms with E-state index in [1.54, 1.807) is 6.07 Å². The molecule has 114 valence electrons. The Kier molecular flexibility index (Phi) is 4.80. The van der Waals surface area contributed by atoms with Crippen LogP contribution in [0.15, 0.2) is 16.8 Å². The summed E-state index contributed by atoms with van der Waals surface area (Å²) < 4.78 is 5.05. The lowest BCUT2D eigenvalue weighted by Crippen LogP contribution is -2.48. The Morgan fingerprint density at radius 2 is 2.33 bits per heavy atom. The van der Waals surface area contributed by atoms with Crippen LogP contribution in [0.4, 0.5) is 0 Å². The van der Waals surface area contributed by atoms with Crippen molar-refractivity contribution in [3.63, 3.8) is 0 Å². The topological polar surface area (TPSA) is 80.0 Å². The summed E-state index contributed by atoms with van der Waals surface area (Å²) in [5.74, 6) is 0.348. The Bertz CT molecular complexity index is 643. The zero-order valence-corrected chi connectivity index (χ0v) is 12.9. The number of piperidine rings is 1. The molecule has 0 spiro atoms. The van der Waals surface area contributed by atoms with Gasteiger partial charge in [-0.15, -0.1) is 12.4 Å². The van der Waals surface area contributed by atoms with Crippen molar-refractivity contribution in [3.8, 4) is 0 Å².